The van der Waals surface area contributed by atoms with Crippen LogP contribution in [0.25, 0.3) is 0 Å². The van der Waals surface area contributed by atoms with E-state index >= 15 is 0 Å². The smallest absolute Gasteiger partial charge is 0.242 e. The van der Waals surface area contributed by atoms with Gasteiger partial charge >= 0.3 is 0 Å². The number of furan rings is 1. The number of amides is 2. The Labute approximate surface area is 202 Å². The van der Waals surface area contributed by atoms with Crippen LogP contribution in [0.15, 0.2) is 83.5 Å². The molecule has 1 saturated carbocycles. The summed E-state index contributed by atoms with van der Waals surface area (Å²) >= 11 is 0. The zero-order valence-electron chi connectivity index (χ0n) is 20.1. The van der Waals surface area contributed by atoms with Crippen molar-refractivity contribution in [3.05, 3.63) is 95.9 Å². The highest BCUT2D eigenvalue weighted by molar-refractivity contribution is 5.88. The fourth-order valence-corrected chi connectivity index (χ4v) is 4.46. The third-order valence-electron chi connectivity index (χ3n) is 6.84. The van der Waals surface area contributed by atoms with Crippen LogP contribution < -0.4 is 0 Å². The summed E-state index contributed by atoms with van der Waals surface area (Å²) in [5.74, 6) is 1.02. The molecule has 5 heteroatoms. The number of carbonyl (C=O) groups is 2. The average molecular weight is 459 g/mol. The van der Waals surface area contributed by atoms with Gasteiger partial charge in [0.1, 0.15) is 12.3 Å². The van der Waals surface area contributed by atoms with Gasteiger partial charge in [0, 0.05) is 18.5 Å². The van der Waals surface area contributed by atoms with Crippen LogP contribution in [0.1, 0.15) is 49.5 Å². The minimum atomic E-state index is -0.0436. The number of nitrogens with zero attached hydrogens (tertiary/aromatic N) is 2. The van der Waals surface area contributed by atoms with Gasteiger partial charge in [0.15, 0.2) is 0 Å². The Morgan fingerprint density at radius 3 is 2.35 bits per heavy atom. The van der Waals surface area contributed by atoms with Crippen LogP contribution in [-0.4, -0.2) is 40.7 Å². The maximum absolute atomic E-state index is 13.5. The van der Waals surface area contributed by atoms with Crippen LogP contribution in [0, 0.1) is 5.92 Å². The predicted molar refractivity (Wildman–Crippen MR) is 133 cm³/mol. The van der Waals surface area contributed by atoms with Gasteiger partial charge in [0.05, 0.1) is 12.8 Å². The van der Waals surface area contributed by atoms with Crippen molar-refractivity contribution in [3.8, 4) is 0 Å². The summed E-state index contributed by atoms with van der Waals surface area (Å²) in [4.78, 5) is 30.6. The number of benzene rings is 2. The molecule has 5 nitrogen and oxygen atoms in total. The van der Waals surface area contributed by atoms with E-state index in [1.807, 2.05) is 60.4 Å². The normalized spacial score (nSPS) is 17.7. The molecule has 1 heterocycles. The van der Waals surface area contributed by atoms with Gasteiger partial charge in [0.2, 0.25) is 11.8 Å². The zero-order valence-corrected chi connectivity index (χ0v) is 20.1. The standard InChI is InChI=1S/C29H34N2O3/c1-3-22(2)31(29(33)27-19-26(27)24-13-8-5-9-14-24)21-28(32)30(20-25-15-10-18-34-25)17-16-23-11-6-4-7-12-23/h4-15,18,22,26-27H,3,16-17,19-21H2,1-2H3. The molecular formula is C29H34N2O3. The fraction of sp³-hybridized carbons (Fsp3) is 0.379. The number of rotatable bonds is 11. The van der Waals surface area contributed by atoms with Gasteiger partial charge in [-0.25, -0.2) is 0 Å². The van der Waals surface area contributed by atoms with Crippen LogP contribution in [0.4, 0.5) is 0 Å². The molecular weight excluding hydrogens is 424 g/mol. The monoisotopic (exact) mass is 458 g/mol. The topological polar surface area (TPSA) is 53.8 Å². The maximum atomic E-state index is 13.5. The van der Waals surface area contributed by atoms with Crippen molar-refractivity contribution < 1.29 is 14.0 Å². The summed E-state index contributed by atoms with van der Waals surface area (Å²) in [7, 11) is 0. The molecule has 34 heavy (non-hydrogen) atoms. The Kier molecular flexibility index (Phi) is 7.84. The molecule has 0 bridgehead atoms. The van der Waals surface area contributed by atoms with Crippen LogP contribution >= 0.6 is 0 Å². The molecule has 3 atom stereocenters. The van der Waals surface area contributed by atoms with Crippen molar-refractivity contribution >= 4 is 11.8 Å². The van der Waals surface area contributed by atoms with Crippen molar-refractivity contribution in [1.82, 2.24) is 9.80 Å². The number of carbonyl (C=O) groups excluding carboxylic acids is 2. The summed E-state index contributed by atoms with van der Waals surface area (Å²) in [6.07, 6.45) is 4.04. The van der Waals surface area contributed by atoms with E-state index in [0.717, 1.165) is 25.0 Å². The number of hydrogen-bond acceptors (Lipinski definition) is 3. The molecule has 0 spiro atoms. The minimum Gasteiger partial charge on any atom is -0.467 e. The van der Waals surface area contributed by atoms with Gasteiger partial charge in [0.25, 0.3) is 0 Å². The Morgan fingerprint density at radius 1 is 1.00 bits per heavy atom. The summed E-state index contributed by atoms with van der Waals surface area (Å²) in [5, 5.41) is 0. The molecule has 178 valence electrons. The Morgan fingerprint density at radius 2 is 1.71 bits per heavy atom. The van der Waals surface area contributed by atoms with Crippen LogP contribution in [0.5, 0.6) is 0 Å². The van der Waals surface area contributed by atoms with E-state index in [0.29, 0.717) is 13.1 Å². The molecule has 3 unspecified atom stereocenters. The second-order valence-corrected chi connectivity index (χ2v) is 9.21. The van der Waals surface area contributed by atoms with E-state index in [9.17, 15) is 9.59 Å². The van der Waals surface area contributed by atoms with Gasteiger partial charge < -0.3 is 14.2 Å². The van der Waals surface area contributed by atoms with Crippen molar-refractivity contribution in [2.75, 3.05) is 13.1 Å². The first-order valence-electron chi connectivity index (χ1n) is 12.3. The lowest BCUT2D eigenvalue weighted by Crippen LogP contribution is -2.47. The average Bonchev–Trinajstić information content (AvgIpc) is 3.52. The lowest BCUT2D eigenvalue weighted by molar-refractivity contribution is -0.143. The molecule has 1 aliphatic carbocycles. The molecule has 2 amide bonds. The number of hydrogen-bond donors (Lipinski definition) is 0. The van der Waals surface area contributed by atoms with Crippen molar-refractivity contribution in [2.24, 2.45) is 5.92 Å². The van der Waals surface area contributed by atoms with Gasteiger partial charge in [-0.15, -0.1) is 0 Å². The summed E-state index contributed by atoms with van der Waals surface area (Å²) in [6, 6.07) is 24.1. The Hall–Kier alpha value is -3.34. The van der Waals surface area contributed by atoms with Crippen LogP contribution in [0.2, 0.25) is 0 Å². The summed E-state index contributed by atoms with van der Waals surface area (Å²) in [5.41, 5.74) is 2.39. The van der Waals surface area contributed by atoms with E-state index in [4.69, 9.17) is 4.42 Å². The van der Waals surface area contributed by atoms with E-state index in [2.05, 4.69) is 31.2 Å². The second kappa shape index (κ2) is 11.2. The SMILES string of the molecule is CCC(C)N(CC(=O)N(CCc1ccccc1)Cc1ccco1)C(=O)C1CC1c1ccccc1. The molecule has 2 aromatic carbocycles. The lowest BCUT2D eigenvalue weighted by Gasteiger charge is -2.31. The molecule has 0 aliphatic heterocycles. The summed E-state index contributed by atoms with van der Waals surface area (Å²) < 4.78 is 5.52. The Balaban J connectivity index is 1.45. The summed E-state index contributed by atoms with van der Waals surface area (Å²) in [6.45, 7) is 5.17. The lowest BCUT2D eigenvalue weighted by atomic mass is 10.1. The Bertz CT molecular complexity index is 1050. The second-order valence-electron chi connectivity index (χ2n) is 9.21. The first-order valence-corrected chi connectivity index (χ1v) is 12.3. The third-order valence-corrected chi connectivity index (χ3v) is 6.84. The molecule has 4 rings (SSSR count). The first kappa shape index (κ1) is 23.8. The van der Waals surface area contributed by atoms with Crippen molar-refractivity contribution in [3.63, 3.8) is 0 Å². The van der Waals surface area contributed by atoms with Gasteiger partial charge in [-0.1, -0.05) is 67.6 Å². The van der Waals surface area contributed by atoms with E-state index in [1.54, 1.807) is 11.2 Å². The molecule has 3 aromatic rings. The largest absolute Gasteiger partial charge is 0.467 e. The maximum Gasteiger partial charge on any atom is 0.242 e. The molecule has 1 aromatic heterocycles. The van der Waals surface area contributed by atoms with E-state index in [1.165, 1.54) is 11.1 Å². The molecule has 0 saturated heterocycles. The van der Waals surface area contributed by atoms with Crippen molar-refractivity contribution in [2.45, 2.75) is 51.6 Å². The van der Waals surface area contributed by atoms with E-state index < -0.39 is 0 Å². The third kappa shape index (κ3) is 5.96. The van der Waals surface area contributed by atoms with E-state index in [-0.39, 0.29) is 36.2 Å². The first-order chi connectivity index (χ1) is 16.6. The highest BCUT2D eigenvalue weighted by Crippen LogP contribution is 2.48. The molecule has 1 aliphatic rings. The molecule has 1 fully saturated rings. The molecule has 0 N–H and O–H groups in total. The van der Waals surface area contributed by atoms with Gasteiger partial charge in [-0.05, 0) is 55.4 Å². The minimum absolute atomic E-state index is 0.00746. The van der Waals surface area contributed by atoms with Crippen molar-refractivity contribution in [1.29, 1.82) is 0 Å². The van der Waals surface area contributed by atoms with Gasteiger partial charge in [-0.2, -0.15) is 0 Å². The predicted octanol–water partition coefficient (Wildman–Crippen LogP) is 5.28. The fourth-order valence-electron chi connectivity index (χ4n) is 4.46. The highest BCUT2D eigenvalue weighted by Gasteiger charge is 2.46. The van der Waals surface area contributed by atoms with Crippen LogP contribution in [0.3, 0.4) is 0 Å². The van der Waals surface area contributed by atoms with Gasteiger partial charge in [-0.3, -0.25) is 9.59 Å². The highest BCUT2D eigenvalue weighted by atomic mass is 16.3. The zero-order chi connectivity index (χ0) is 23.9. The quantitative estimate of drug-likeness (QED) is 0.393. The van der Waals surface area contributed by atoms with Crippen LogP contribution in [-0.2, 0) is 22.6 Å². The molecule has 0 radical (unpaired) electrons.